The molecule has 6 nitrogen and oxygen atoms in total. The molecule has 1 fully saturated rings. The maximum Gasteiger partial charge on any atom is 0.317 e. The monoisotopic (exact) mass is 338 g/mol. The molecule has 1 aromatic rings. The van der Waals surface area contributed by atoms with E-state index in [0.29, 0.717) is 25.9 Å². The third-order valence-electron chi connectivity index (χ3n) is 4.26. The number of likely N-dealkylation sites (tertiary alicyclic amines) is 1. The number of carbonyl (C=O) groups is 2. The minimum absolute atomic E-state index is 0.00560. The summed E-state index contributed by atoms with van der Waals surface area (Å²) in [5, 5.41) is 8.82. The molecule has 1 saturated heterocycles. The van der Waals surface area contributed by atoms with Crippen LogP contribution in [0.5, 0.6) is 5.75 Å². The fraction of sp³-hybridized carbons (Fsp3) is 0.529. The molecule has 1 amide bonds. The van der Waals surface area contributed by atoms with Gasteiger partial charge in [0, 0.05) is 19.1 Å². The first kappa shape index (κ1) is 18.2. The van der Waals surface area contributed by atoms with Gasteiger partial charge in [-0.1, -0.05) is 6.07 Å². The number of hydrogen-bond donors (Lipinski definition) is 1. The summed E-state index contributed by atoms with van der Waals surface area (Å²) in [6, 6.07) is 4.68. The Hall–Kier alpha value is -2.15. The smallest absolute Gasteiger partial charge is 0.317 e. The van der Waals surface area contributed by atoms with Crippen LogP contribution in [0.25, 0.3) is 0 Å². The number of aliphatic carboxylic acids is 1. The number of carboxylic acids is 1. The minimum atomic E-state index is -0.857. The summed E-state index contributed by atoms with van der Waals surface area (Å²) in [4.78, 5) is 26.4. The van der Waals surface area contributed by atoms with Crippen molar-refractivity contribution in [1.29, 1.82) is 0 Å². The molecule has 1 aliphatic rings. The number of piperidine rings is 1. The zero-order valence-electron chi connectivity index (χ0n) is 14.0. The van der Waals surface area contributed by atoms with Crippen molar-refractivity contribution in [2.45, 2.75) is 25.8 Å². The fourth-order valence-electron chi connectivity index (χ4n) is 2.85. The van der Waals surface area contributed by atoms with Crippen LogP contribution in [0.3, 0.4) is 0 Å². The second-order valence-electron chi connectivity index (χ2n) is 6.14. The van der Waals surface area contributed by atoms with Crippen molar-refractivity contribution in [3.05, 3.63) is 29.6 Å². The first-order valence-electron chi connectivity index (χ1n) is 7.95. The molecule has 24 heavy (non-hydrogen) atoms. The van der Waals surface area contributed by atoms with Gasteiger partial charge in [0.05, 0.1) is 6.54 Å². The predicted octanol–water partition coefficient (Wildman–Crippen LogP) is 1.52. The number of halogens is 1. The van der Waals surface area contributed by atoms with Crippen LogP contribution in [-0.4, -0.2) is 66.1 Å². The van der Waals surface area contributed by atoms with Crippen LogP contribution in [0.2, 0.25) is 0 Å². The van der Waals surface area contributed by atoms with Gasteiger partial charge in [0.1, 0.15) is 0 Å². The van der Waals surface area contributed by atoms with Gasteiger partial charge in [-0.05, 0) is 44.5 Å². The minimum Gasteiger partial charge on any atom is -0.481 e. The molecule has 1 N–H and O–H groups in total. The number of likely N-dealkylation sites (N-methyl/N-ethyl adjacent to an activating group) is 1. The van der Waals surface area contributed by atoms with Crippen LogP contribution < -0.4 is 4.74 Å². The average Bonchev–Trinajstić information content (AvgIpc) is 2.55. The summed E-state index contributed by atoms with van der Waals surface area (Å²) in [7, 11) is 1.78. The van der Waals surface area contributed by atoms with Crippen molar-refractivity contribution >= 4 is 11.9 Å². The molecular weight excluding hydrogens is 315 g/mol. The van der Waals surface area contributed by atoms with Gasteiger partial charge in [0.15, 0.2) is 18.2 Å². The topological polar surface area (TPSA) is 70.1 Å². The van der Waals surface area contributed by atoms with E-state index in [4.69, 9.17) is 9.84 Å². The third-order valence-corrected chi connectivity index (χ3v) is 4.26. The van der Waals surface area contributed by atoms with Gasteiger partial charge < -0.3 is 14.7 Å². The van der Waals surface area contributed by atoms with E-state index in [1.54, 1.807) is 29.0 Å². The predicted molar refractivity (Wildman–Crippen MR) is 86.5 cm³/mol. The molecule has 1 aliphatic heterocycles. The van der Waals surface area contributed by atoms with Crippen molar-refractivity contribution in [2.75, 3.05) is 33.3 Å². The molecular formula is C17H23FN2O4. The van der Waals surface area contributed by atoms with Crippen LogP contribution in [0.1, 0.15) is 18.4 Å². The van der Waals surface area contributed by atoms with Crippen molar-refractivity contribution < 1.29 is 23.8 Å². The lowest BCUT2D eigenvalue weighted by molar-refractivity contribution is -0.140. The summed E-state index contributed by atoms with van der Waals surface area (Å²) in [5.41, 5.74) is 0.862. The second kappa shape index (κ2) is 8.10. The van der Waals surface area contributed by atoms with E-state index < -0.39 is 11.8 Å². The number of rotatable bonds is 6. The molecule has 0 radical (unpaired) electrons. The summed E-state index contributed by atoms with van der Waals surface area (Å²) < 4.78 is 18.9. The summed E-state index contributed by atoms with van der Waals surface area (Å²) in [5.74, 6) is -1.44. The van der Waals surface area contributed by atoms with E-state index in [1.807, 2.05) is 6.92 Å². The Kier molecular flexibility index (Phi) is 6.14. The SMILES string of the molecule is Cc1ccc(F)c(OCC(=O)N2CCC(N(C)CC(=O)O)CC2)c1. The Morgan fingerprint density at radius 2 is 2.04 bits per heavy atom. The lowest BCUT2D eigenvalue weighted by atomic mass is 10.0. The molecule has 0 saturated carbocycles. The number of hydrogen-bond acceptors (Lipinski definition) is 4. The molecule has 1 aromatic carbocycles. The zero-order valence-corrected chi connectivity index (χ0v) is 14.0. The first-order chi connectivity index (χ1) is 11.4. The maximum absolute atomic E-state index is 13.6. The molecule has 0 bridgehead atoms. The Morgan fingerprint density at radius 1 is 1.38 bits per heavy atom. The molecule has 0 aromatic heterocycles. The molecule has 0 atom stereocenters. The van der Waals surface area contributed by atoms with E-state index in [1.165, 1.54) is 6.07 Å². The maximum atomic E-state index is 13.6. The zero-order chi connectivity index (χ0) is 17.7. The van der Waals surface area contributed by atoms with Gasteiger partial charge in [0.25, 0.3) is 5.91 Å². The van der Waals surface area contributed by atoms with Crippen LogP contribution in [0.4, 0.5) is 4.39 Å². The van der Waals surface area contributed by atoms with Crippen LogP contribution in [0, 0.1) is 12.7 Å². The number of nitrogens with zero attached hydrogens (tertiary/aromatic N) is 2. The third kappa shape index (κ3) is 4.92. The first-order valence-corrected chi connectivity index (χ1v) is 7.95. The van der Waals surface area contributed by atoms with E-state index in [2.05, 4.69) is 0 Å². The molecule has 0 unspecified atom stereocenters. The van der Waals surface area contributed by atoms with Crippen LogP contribution in [0.15, 0.2) is 18.2 Å². The number of benzene rings is 1. The quantitative estimate of drug-likeness (QED) is 0.852. The Balaban J connectivity index is 1.80. The fourth-order valence-corrected chi connectivity index (χ4v) is 2.85. The lowest BCUT2D eigenvalue weighted by Crippen LogP contribution is -2.47. The Labute approximate surface area is 140 Å². The molecule has 7 heteroatoms. The standard InChI is InChI=1S/C17H23FN2O4/c1-12-3-4-14(18)15(9-12)24-11-16(21)20-7-5-13(6-8-20)19(2)10-17(22)23/h3-4,9,13H,5-8,10-11H2,1-2H3,(H,22,23). The van der Waals surface area contributed by atoms with Gasteiger partial charge >= 0.3 is 5.97 Å². The normalized spacial score (nSPS) is 15.6. The van der Waals surface area contributed by atoms with Gasteiger partial charge in [-0.15, -0.1) is 0 Å². The van der Waals surface area contributed by atoms with E-state index in [-0.39, 0.29) is 30.9 Å². The van der Waals surface area contributed by atoms with E-state index in [9.17, 15) is 14.0 Å². The lowest BCUT2D eigenvalue weighted by Gasteiger charge is -2.36. The highest BCUT2D eigenvalue weighted by atomic mass is 19.1. The largest absolute Gasteiger partial charge is 0.481 e. The number of carboxylic acid groups (broad SMARTS) is 1. The summed E-state index contributed by atoms with van der Waals surface area (Å²) in [6.07, 6.45) is 1.43. The molecule has 132 valence electrons. The molecule has 1 heterocycles. The Morgan fingerprint density at radius 3 is 2.67 bits per heavy atom. The number of aryl methyl sites for hydroxylation is 1. The van der Waals surface area contributed by atoms with Crippen molar-refractivity contribution in [3.8, 4) is 5.75 Å². The van der Waals surface area contributed by atoms with Gasteiger partial charge in [-0.2, -0.15) is 0 Å². The number of carbonyl (C=O) groups excluding carboxylic acids is 1. The summed E-state index contributed by atoms with van der Waals surface area (Å²) in [6.45, 7) is 2.72. The van der Waals surface area contributed by atoms with E-state index in [0.717, 1.165) is 5.56 Å². The highest BCUT2D eigenvalue weighted by molar-refractivity contribution is 5.77. The Bertz CT molecular complexity index is 600. The second-order valence-corrected chi connectivity index (χ2v) is 6.14. The van der Waals surface area contributed by atoms with E-state index >= 15 is 0 Å². The number of amides is 1. The molecule has 0 aliphatic carbocycles. The van der Waals surface area contributed by atoms with Crippen molar-refractivity contribution in [1.82, 2.24) is 9.80 Å². The summed E-state index contributed by atoms with van der Waals surface area (Å²) >= 11 is 0. The van der Waals surface area contributed by atoms with Gasteiger partial charge in [0.2, 0.25) is 0 Å². The van der Waals surface area contributed by atoms with Gasteiger partial charge in [-0.25, -0.2) is 4.39 Å². The van der Waals surface area contributed by atoms with Gasteiger partial charge in [-0.3, -0.25) is 14.5 Å². The van der Waals surface area contributed by atoms with Crippen LogP contribution >= 0.6 is 0 Å². The highest BCUT2D eigenvalue weighted by Gasteiger charge is 2.26. The molecule has 0 spiro atoms. The highest BCUT2D eigenvalue weighted by Crippen LogP contribution is 2.19. The van der Waals surface area contributed by atoms with Crippen molar-refractivity contribution in [3.63, 3.8) is 0 Å². The van der Waals surface area contributed by atoms with Crippen molar-refractivity contribution in [2.24, 2.45) is 0 Å². The molecule has 2 rings (SSSR count). The average molecular weight is 338 g/mol. The number of ether oxygens (including phenoxy) is 1. The van der Waals surface area contributed by atoms with Crippen LogP contribution in [-0.2, 0) is 9.59 Å².